The van der Waals surface area contributed by atoms with Gasteiger partial charge in [0, 0.05) is 18.4 Å². The monoisotopic (exact) mass is 227 g/mol. The fraction of sp³-hybridized carbons (Fsp3) is 0.357. The number of carbonyl (C=O) groups excluding carboxylic acids is 1. The second-order valence-electron chi connectivity index (χ2n) is 4.68. The van der Waals surface area contributed by atoms with Crippen molar-refractivity contribution in [3.8, 4) is 0 Å². The highest BCUT2D eigenvalue weighted by molar-refractivity contribution is 6.27. The molecule has 0 saturated heterocycles. The maximum atomic E-state index is 12.1. The van der Waals surface area contributed by atoms with Gasteiger partial charge in [0.15, 0.2) is 0 Å². The number of rotatable bonds is 5. The van der Waals surface area contributed by atoms with Crippen molar-refractivity contribution < 1.29 is 4.79 Å². The molecule has 0 aromatic heterocycles. The topological polar surface area (TPSA) is 20.3 Å². The van der Waals surface area contributed by atoms with Crippen LogP contribution in [0.5, 0.6) is 0 Å². The van der Waals surface area contributed by atoms with Gasteiger partial charge in [-0.05, 0) is 5.56 Å². The van der Waals surface area contributed by atoms with Crippen molar-refractivity contribution in [2.45, 2.75) is 25.7 Å². The third-order valence-corrected chi connectivity index (χ3v) is 2.40. The zero-order chi connectivity index (χ0) is 12.9. The minimum absolute atomic E-state index is 0.0683. The highest BCUT2D eigenvalue weighted by Crippen LogP contribution is 2.23. The van der Waals surface area contributed by atoms with E-state index in [0.29, 0.717) is 13.1 Å². The molecule has 0 fully saturated rings. The van der Waals surface area contributed by atoms with E-state index in [4.69, 9.17) is 7.85 Å². The summed E-state index contributed by atoms with van der Waals surface area (Å²) in [6.45, 7) is 8.18. The van der Waals surface area contributed by atoms with E-state index >= 15 is 0 Å². The standard InChI is InChI=1S/C14H18BNO/c1-4-10-16(13(17)14(2,3)15)11-12-8-6-5-7-9-12/h4-9H,1,10-11H2,2-3H3. The van der Waals surface area contributed by atoms with Crippen molar-refractivity contribution in [3.05, 3.63) is 48.6 Å². The predicted octanol–water partition coefficient (Wildman–Crippen LogP) is 2.57. The predicted molar refractivity (Wildman–Crippen MR) is 71.9 cm³/mol. The number of benzene rings is 1. The zero-order valence-electron chi connectivity index (χ0n) is 10.5. The minimum atomic E-state index is -0.849. The normalized spacial score (nSPS) is 10.9. The van der Waals surface area contributed by atoms with E-state index in [-0.39, 0.29) is 5.91 Å². The minimum Gasteiger partial charge on any atom is -0.335 e. The second kappa shape index (κ2) is 5.71. The van der Waals surface area contributed by atoms with Crippen LogP contribution in [-0.2, 0) is 11.3 Å². The van der Waals surface area contributed by atoms with Gasteiger partial charge in [-0.15, -0.1) is 6.58 Å². The number of carbonyl (C=O) groups is 1. The molecular weight excluding hydrogens is 209 g/mol. The lowest BCUT2D eigenvalue weighted by Crippen LogP contribution is -2.37. The van der Waals surface area contributed by atoms with Crippen molar-refractivity contribution >= 4 is 13.8 Å². The molecule has 0 aliphatic carbocycles. The van der Waals surface area contributed by atoms with Crippen molar-refractivity contribution in [3.63, 3.8) is 0 Å². The van der Waals surface area contributed by atoms with E-state index in [9.17, 15) is 4.79 Å². The van der Waals surface area contributed by atoms with Crippen LogP contribution in [0.4, 0.5) is 0 Å². The van der Waals surface area contributed by atoms with E-state index in [1.807, 2.05) is 30.3 Å². The Morgan fingerprint density at radius 1 is 1.41 bits per heavy atom. The van der Waals surface area contributed by atoms with Gasteiger partial charge in [0.1, 0.15) is 0 Å². The van der Waals surface area contributed by atoms with Crippen LogP contribution in [0.2, 0.25) is 5.31 Å². The van der Waals surface area contributed by atoms with Gasteiger partial charge in [-0.3, -0.25) is 4.79 Å². The average Bonchev–Trinajstić information content (AvgIpc) is 2.28. The molecule has 1 amide bonds. The first-order chi connectivity index (χ1) is 7.95. The Morgan fingerprint density at radius 3 is 2.47 bits per heavy atom. The summed E-state index contributed by atoms with van der Waals surface area (Å²) in [6.07, 6.45) is 1.71. The molecule has 0 aliphatic heterocycles. The summed E-state index contributed by atoms with van der Waals surface area (Å²) in [5.41, 5.74) is 1.09. The maximum Gasteiger partial charge on any atom is 0.219 e. The number of amides is 1. The average molecular weight is 227 g/mol. The fourth-order valence-corrected chi connectivity index (χ4v) is 1.59. The summed E-state index contributed by atoms with van der Waals surface area (Å²) >= 11 is 0. The van der Waals surface area contributed by atoms with Gasteiger partial charge in [0.2, 0.25) is 5.91 Å². The van der Waals surface area contributed by atoms with Gasteiger partial charge < -0.3 is 4.90 Å². The Labute approximate surface area is 105 Å². The van der Waals surface area contributed by atoms with E-state index in [1.54, 1.807) is 24.8 Å². The fourth-order valence-electron chi connectivity index (χ4n) is 1.59. The molecule has 0 unspecified atom stereocenters. The summed E-state index contributed by atoms with van der Waals surface area (Å²) in [4.78, 5) is 13.8. The molecule has 1 aromatic carbocycles. The van der Waals surface area contributed by atoms with E-state index in [0.717, 1.165) is 5.56 Å². The zero-order valence-corrected chi connectivity index (χ0v) is 10.5. The van der Waals surface area contributed by atoms with Gasteiger partial charge in [-0.2, -0.15) is 0 Å². The van der Waals surface area contributed by atoms with Gasteiger partial charge in [-0.25, -0.2) is 0 Å². The Bertz CT molecular complexity index is 381. The molecule has 1 rings (SSSR count). The lowest BCUT2D eigenvalue weighted by Gasteiger charge is -2.29. The highest BCUT2D eigenvalue weighted by Gasteiger charge is 2.25. The molecule has 88 valence electrons. The molecule has 0 N–H and O–H groups in total. The first-order valence-corrected chi connectivity index (χ1v) is 5.68. The van der Waals surface area contributed by atoms with Crippen LogP contribution in [0.15, 0.2) is 43.0 Å². The first-order valence-electron chi connectivity index (χ1n) is 5.68. The number of hydrogen-bond acceptors (Lipinski definition) is 1. The molecule has 1 aromatic rings. The van der Waals surface area contributed by atoms with E-state index < -0.39 is 5.31 Å². The summed E-state index contributed by atoms with van der Waals surface area (Å²) in [7, 11) is 5.84. The van der Waals surface area contributed by atoms with Crippen LogP contribution in [-0.4, -0.2) is 25.2 Å². The lowest BCUT2D eigenvalue weighted by atomic mass is 9.71. The third kappa shape index (κ3) is 4.10. The van der Waals surface area contributed by atoms with E-state index in [2.05, 4.69) is 6.58 Å². The largest absolute Gasteiger partial charge is 0.335 e. The van der Waals surface area contributed by atoms with Gasteiger partial charge in [0.05, 0.1) is 7.85 Å². The quantitative estimate of drug-likeness (QED) is 0.559. The van der Waals surface area contributed by atoms with Crippen LogP contribution in [0, 0.1) is 0 Å². The summed E-state index contributed by atoms with van der Waals surface area (Å²) in [5, 5.41) is -0.849. The van der Waals surface area contributed by atoms with Crippen LogP contribution >= 0.6 is 0 Å². The summed E-state index contributed by atoms with van der Waals surface area (Å²) in [5.74, 6) is -0.0683. The maximum absolute atomic E-state index is 12.1. The molecule has 2 nitrogen and oxygen atoms in total. The Morgan fingerprint density at radius 2 is 2.00 bits per heavy atom. The summed E-state index contributed by atoms with van der Waals surface area (Å²) < 4.78 is 0. The SMILES string of the molecule is [B]C(C)(C)C(=O)N(CC=C)Cc1ccccc1. The number of nitrogens with zero attached hydrogens (tertiary/aromatic N) is 1. The van der Waals surface area contributed by atoms with E-state index in [1.165, 1.54) is 0 Å². The molecule has 0 aliphatic rings. The molecule has 0 spiro atoms. The molecule has 3 heteroatoms. The van der Waals surface area contributed by atoms with Gasteiger partial charge >= 0.3 is 0 Å². The molecule has 2 radical (unpaired) electrons. The molecule has 0 bridgehead atoms. The Hall–Kier alpha value is -1.51. The molecule has 0 atom stereocenters. The van der Waals surface area contributed by atoms with Crippen molar-refractivity contribution in [2.75, 3.05) is 6.54 Å². The van der Waals surface area contributed by atoms with Crippen LogP contribution in [0.1, 0.15) is 19.4 Å². The molecule has 0 heterocycles. The molecule has 0 saturated carbocycles. The van der Waals surface area contributed by atoms with Crippen molar-refractivity contribution in [1.29, 1.82) is 0 Å². The third-order valence-electron chi connectivity index (χ3n) is 2.40. The first kappa shape index (κ1) is 13.6. The van der Waals surface area contributed by atoms with Crippen molar-refractivity contribution in [1.82, 2.24) is 4.90 Å². The van der Waals surface area contributed by atoms with Crippen LogP contribution in [0.25, 0.3) is 0 Å². The van der Waals surface area contributed by atoms with Gasteiger partial charge in [-0.1, -0.05) is 50.3 Å². The molecular formula is C14H18BNO. The van der Waals surface area contributed by atoms with Gasteiger partial charge in [0.25, 0.3) is 0 Å². The molecule has 17 heavy (non-hydrogen) atoms. The smallest absolute Gasteiger partial charge is 0.219 e. The number of hydrogen-bond donors (Lipinski definition) is 0. The van der Waals surface area contributed by atoms with Crippen LogP contribution in [0.3, 0.4) is 0 Å². The Balaban J connectivity index is 2.80. The lowest BCUT2D eigenvalue weighted by molar-refractivity contribution is -0.133. The summed E-state index contributed by atoms with van der Waals surface area (Å²) in [6, 6.07) is 9.86. The van der Waals surface area contributed by atoms with Crippen LogP contribution < -0.4 is 0 Å². The van der Waals surface area contributed by atoms with Crippen molar-refractivity contribution in [2.24, 2.45) is 0 Å². The second-order valence-corrected chi connectivity index (χ2v) is 4.68. The highest BCUT2D eigenvalue weighted by atomic mass is 16.2. The Kier molecular flexibility index (Phi) is 4.56.